The van der Waals surface area contributed by atoms with E-state index in [2.05, 4.69) is 10.2 Å². The highest BCUT2D eigenvalue weighted by molar-refractivity contribution is 7.89. The number of hydrogen-bond acceptors (Lipinski definition) is 4. The van der Waals surface area contributed by atoms with Crippen LogP contribution in [0.3, 0.4) is 0 Å². The van der Waals surface area contributed by atoms with Crippen molar-refractivity contribution in [3.63, 3.8) is 0 Å². The highest BCUT2D eigenvalue weighted by atomic mass is 32.2. The Balaban J connectivity index is 2.16. The van der Waals surface area contributed by atoms with Gasteiger partial charge in [-0.25, -0.2) is 0 Å². The van der Waals surface area contributed by atoms with Gasteiger partial charge in [-0.2, -0.15) is 8.42 Å². The summed E-state index contributed by atoms with van der Waals surface area (Å²) in [7, 11) is -3.72. The van der Waals surface area contributed by atoms with Gasteiger partial charge in [0.1, 0.15) is 11.0 Å². The van der Waals surface area contributed by atoms with Crippen LogP contribution < -0.4 is 0 Å². The summed E-state index contributed by atoms with van der Waals surface area (Å²) in [5.41, 5.74) is 2.11. The van der Waals surface area contributed by atoms with Gasteiger partial charge in [-0.3, -0.25) is 0 Å². The van der Waals surface area contributed by atoms with Crippen molar-refractivity contribution in [1.82, 2.24) is 14.4 Å². The van der Waals surface area contributed by atoms with Crippen LogP contribution in [0.1, 0.15) is 5.56 Å². The molecule has 96 valence electrons. The maximum atomic E-state index is 12.4. The fraction of sp³-hybridized carbons (Fsp3) is 0.0769. The highest BCUT2D eigenvalue weighted by Gasteiger charge is 2.19. The molecule has 1 aromatic heterocycles. The molecule has 0 saturated heterocycles. The van der Waals surface area contributed by atoms with Crippen molar-refractivity contribution in [1.29, 1.82) is 0 Å². The van der Waals surface area contributed by atoms with Gasteiger partial charge < -0.3 is 0 Å². The van der Waals surface area contributed by atoms with Crippen molar-refractivity contribution in [2.45, 2.75) is 11.8 Å². The van der Waals surface area contributed by atoms with E-state index in [1.54, 1.807) is 48.5 Å². The zero-order chi connectivity index (χ0) is 13.5. The lowest BCUT2D eigenvalue weighted by Gasteiger charge is -2.02. The zero-order valence-corrected chi connectivity index (χ0v) is 11.0. The molecule has 0 saturated carbocycles. The van der Waals surface area contributed by atoms with Crippen molar-refractivity contribution in [2.75, 3.05) is 0 Å². The number of rotatable bonds is 2. The molecular formula is C13H11N3O2S. The molecule has 3 rings (SSSR count). The Labute approximate surface area is 110 Å². The van der Waals surface area contributed by atoms with Gasteiger partial charge in [0.15, 0.2) is 0 Å². The van der Waals surface area contributed by atoms with Crippen LogP contribution in [-0.2, 0) is 10.0 Å². The van der Waals surface area contributed by atoms with Gasteiger partial charge in [-0.1, -0.05) is 34.0 Å². The number of hydrogen-bond donors (Lipinski definition) is 0. The lowest BCUT2D eigenvalue weighted by molar-refractivity contribution is 0.570. The van der Waals surface area contributed by atoms with Crippen molar-refractivity contribution < 1.29 is 8.42 Å². The molecule has 19 heavy (non-hydrogen) atoms. The molecule has 6 heteroatoms. The number of fused-ring (bicyclic) bond motifs is 1. The van der Waals surface area contributed by atoms with Gasteiger partial charge in [0, 0.05) is 0 Å². The average molecular weight is 273 g/mol. The van der Waals surface area contributed by atoms with E-state index in [1.807, 2.05) is 6.92 Å². The average Bonchev–Trinajstić information content (AvgIpc) is 2.83. The summed E-state index contributed by atoms with van der Waals surface area (Å²) in [6.45, 7) is 1.90. The maximum absolute atomic E-state index is 12.4. The smallest absolute Gasteiger partial charge is 0.198 e. The van der Waals surface area contributed by atoms with Crippen molar-refractivity contribution in [2.24, 2.45) is 0 Å². The van der Waals surface area contributed by atoms with Gasteiger partial charge in [0.05, 0.1) is 4.90 Å². The quantitative estimate of drug-likeness (QED) is 0.716. The standard InChI is InChI=1S/C13H11N3O2S/c1-10-6-8-11(9-7-10)19(17,18)16-14-12-4-2-3-5-13(12)15-16/h2-9H,1H3. The van der Waals surface area contributed by atoms with Crippen LogP contribution in [0.5, 0.6) is 0 Å². The highest BCUT2D eigenvalue weighted by Crippen LogP contribution is 2.15. The molecule has 0 N–H and O–H groups in total. The first kappa shape index (κ1) is 11.9. The summed E-state index contributed by atoms with van der Waals surface area (Å²) >= 11 is 0. The molecule has 5 nitrogen and oxygen atoms in total. The predicted molar refractivity (Wildman–Crippen MR) is 71.3 cm³/mol. The van der Waals surface area contributed by atoms with Crippen LogP contribution in [0.4, 0.5) is 0 Å². The summed E-state index contributed by atoms with van der Waals surface area (Å²) in [4.78, 5) is 0.179. The molecule has 0 radical (unpaired) electrons. The summed E-state index contributed by atoms with van der Waals surface area (Å²) in [5.74, 6) is 0. The van der Waals surface area contributed by atoms with E-state index >= 15 is 0 Å². The predicted octanol–water partition coefficient (Wildman–Crippen LogP) is 1.98. The van der Waals surface area contributed by atoms with Crippen LogP contribution in [-0.4, -0.2) is 22.8 Å². The van der Waals surface area contributed by atoms with Gasteiger partial charge in [0.2, 0.25) is 0 Å². The van der Waals surface area contributed by atoms with Crippen LogP contribution >= 0.6 is 0 Å². The molecular weight excluding hydrogens is 262 g/mol. The Morgan fingerprint density at radius 2 is 1.42 bits per heavy atom. The maximum Gasteiger partial charge on any atom is 0.299 e. The Hall–Kier alpha value is -2.21. The number of benzene rings is 2. The second-order valence-electron chi connectivity index (χ2n) is 4.23. The van der Waals surface area contributed by atoms with Crippen LogP contribution in [0, 0.1) is 6.92 Å². The minimum Gasteiger partial charge on any atom is -0.198 e. The summed E-state index contributed by atoms with van der Waals surface area (Å²) < 4.78 is 25.5. The third kappa shape index (κ3) is 2.00. The molecule has 0 atom stereocenters. The molecule has 3 aromatic rings. The summed E-state index contributed by atoms with van der Waals surface area (Å²) in [5, 5.41) is 8.00. The van der Waals surface area contributed by atoms with E-state index < -0.39 is 10.0 Å². The third-order valence-electron chi connectivity index (χ3n) is 2.80. The Morgan fingerprint density at radius 1 is 0.895 bits per heavy atom. The van der Waals surface area contributed by atoms with Gasteiger partial charge in [-0.05, 0) is 31.2 Å². The first-order valence-corrected chi connectivity index (χ1v) is 7.16. The second-order valence-corrected chi connectivity index (χ2v) is 5.98. The van der Waals surface area contributed by atoms with E-state index in [0.29, 0.717) is 11.0 Å². The molecule has 0 amide bonds. The molecule has 0 bridgehead atoms. The summed E-state index contributed by atoms with van der Waals surface area (Å²) in [6, 6.07) is 13.6. The van der Waals surface area contributed by atoms with Crippen molar-refractivity contribution in [3.8, 4) is 0 Å². The van der Waals surface area contributed by atoms with E-state index in [9.17, 15) is 8.42 Å². The van der Waals surface area contributed by atoms with E-state index in [4.69, 9.17) is 0 Å². The SMILES string of the molecule is Cc1ccc(S(=O)(=O)n2nc3ccccc3n2)cc1. The van der Waals surface area contributed by atoms with Crippen LogP contribution in [0.2, 0.25) is 0 Å². The molecule has 0 aliphatic rings. The fourth-order valence-corrected chi connectivity index (χ4v) is 2.81. The Bertz CT molecular complexity index is 803. The largest absolute Gasteiger partial charge is 0.299 e. The van der Waals surface area contributed by atoms with Gasteiger partial charge >= 0.3 is 0 Å². The lowest BCUT2D eigenvalue weighted by atomic mass is 10.2. The minimum atomic E-state index is -3.72. The van der Waals surface area contributed by atoms with Crippen LogP contribution in [0.25, 0.3) is 11.0 Å². The van der Waals surface area contributed by atoms with E-state index in [0.717, 1.165) is 9.77 Å². The van der Waals surface area contributed by atoms with Gasteiger partial charge in [-0.15, -0.1) is 10.2 Å². The molecule has 1 heterocycles. The fourth-order valence-electron chi connectivity index (χ4n) is 1.75. The second kappa shape index (κ2) is 4.17. The van der Waals surface area contributed by atoms with E-state index in [-0.39, 0.29) is 4.90 Å². The monoisotopic (exact) mass is 273 g/mol. The number of aromatic nitrogens is 3. The number of aryl methyl sites for hydroxylation is 1. The Morgan fingerprint density at radius 3 is 1.95 bits per heavy atom. The molecule has 0 aliphatic carbocycles. The molecule has 0 unspecified atom stereocenters. The molecule has 2 aromatic carbocycles. The number of nitrogens with zero attached hydrogens (tertiary/aromatic N) is 3. The zero-order valence-electron chi connectivity index (χ0n) is 10.2. The third-order valence-corrected chi connectivity index (χ3v) is 4.26. The van der Waals surface area contributed by atoms with Crippen LogP contribution in [0.15, 0.2) is 53.4 Å². The normalized spacial score (nSPS) is 11.8. The summed E-state index contributed by atoms with van der Waals surface area (Å²) in [6.07, 6.45) is 0. The first-order valence-electron chi connectivity index (χ1n) is 5.72. The van der Waals surface area contributed by atoms with Crippen molar-refractivity contribution in [3.05, 3.63) is 54.1 Å². The first-order chi connectivity index (χ1) is 9.07. The molecule has 0 aliphatic heterocycles. The Kier molecular flexibility index (Phi) is 2.60. The molecule has 0 spiro atoms. The van der Waals surface area contributed by atoms with Gasteiger partial charge in [0.25, 0.3) is 10.0 Å². The lowest BCUT2D eigenvalue weighted by Crippen LogP contribution is -2.16. The topological polar surface area (TPSA) is 64.8 Å². The minimum absolute atomic E-state index is 0.179. The van der Waals surface area contributed by atoms with Crippen molar-refractivity contribution >= 4 is 21.1 Å². The van der Waals surface area contributed by atoms with E-state index in [1.165, 1.54) is 0 Å². The molecule has 0 fully saturated rings.